The zero-order chi connectivity index (χ0) is 24.2. The summed E-state index contributed by atoms with van der Waals surface area (Å²) in [6.07, 6.45) is 10.3. The third-order valence-corrected chi connectivity index (χ3v) is 7.07. The fourth-order valence-corrected chi connectivity index (χ4v) is 4.93. The van der Waals surface area contributed by atoms with Crippen molar-refractivity contribution in [3.8, 4) is 33.1 Å². The quantitative estimate of drug-likeness (QED) is 0.302. The number of carbonyl (C=O) groups is 1. The minimum absolute atomic E-state index is 0.0312. The summed E-state index contributed by atoms with van der Waals surface area (Å²) in [5.41, 5.74) is 5.68. The van der Waals surface area contributed by atoms with Crippen molar-refractivity contribution in [2.75, 3.05) is 5.32 Å². The number of carbonyl (C=O) groups excluding carboxylic acids is 1. The van der Waals surface area contributed by atoms with Gasteiger partial charge in [0.05, 0.1) is 29.0 Å². The maximum Gasteiger partial charge on any atom is 0.227 e. The lowest BCUT2D eigenvalue weighted by molar-refractivity contribution is -0.117. The molecule has 0 atom stereocenters. The summed E-state index contributed by atoms with van der Waals surface area (Å²) in [5.74, 6) is 0.712. The fraction of sp³-hybridized carbons (Fsp3) is 0.120. The molecule has 1 aliphatic rings. The number of hydrogen-bond donors (Lipinski definition) is 3. The Balaban J connectivity index is 1.28. The maximum atomic E-state index is 13.6. The summed E-state index contributed by atoms with van der Waals surface area (Å²) in [4.78, 5) is 34.1. The summed E-state index contributed by atoms with van der Waals surface area (Å²) in [6.45, 7) is 0. The Labute approximate surface area is 206 Å². The number of nitrogens with zero attached hydrogens (tertiary/aromatic N) is 5. The number of halogens is 1. The number of aromatic amines is 2. The number of imidazole rings is 1. The fourth-order valence-electron chi connectivity index (χ4n) is 4.18. The molecule has 176 valence electrons. The van der Waals surface area contributed by atoms with Crippen LogP contribution in [-0.4, -0.2) is 41.0 Å². The molecule has 0 unspecified atom stereocenters. The van der Waals surface area contributed by atoms with Gasteiger partial charge in [0.1, 0.15) is 11.2 Å². The first-order chi connectivity index (χ1) is 17.6. The van der Waals surface area contributed by atoms with E-state index in [2.05, 4.69) is 35.5 Å². The van der Waals surface area contributed by atoms with Gasteiger partial charge in [-0.25, -0.2) is 9.97 Å². The van der Waals surface area contributed by atoms with Gasteiger partial charge in [0.25, 0.3) is 0 Å². The molecule has 7 rings (SSSR count). The zero-order valence-electron chi connectivity index (χ0n) is 18.6. The summed E-state index contributed by atoms with van der Waals surface area (Å²) < 4.78 is 13.6. The summed E-state index contributed by atoms with van der Waals surface area (Å²) in [6, 6.07) is 7.01. The smallest absolute Gasteiger partial charge is 0.227 e. The minimum Gasteiger partial charge on any atom is -0.335 e. The number of fused-ring (bicyclic) bond motifs is 2. The van der Waals surface area contributed by atoms with Gasteiger partial charge in [0, 0.05) is 46.1 Å². The molecule has 0 radical (unpaired) electrons. The van der Waals surface area contributed by atoms with Crippen molar-refractivity contribution in [1.82, 2.24) is 35.1 Å². The van der Waals surface area contributed by atoms with Gasteiger partial charge in [-0.1, -0.05) is 0 Å². The zero-order valence-corrected chi connectivity index (χ0v) is 19.4. The van der Waals surface area contributed by atoms with E-state index >= 15 is 0 Å². The van der Waals surface area contributed by atoms with E-state index in [9.17, 15) is 9.18 Å². The minimum atomic E-state index is -0.262. The number of amides is 1. The standard InChI is InChI=1S/C25H17FN8OS/c26-20-4-3-19(36-20)17-10-28-11-18-21(17)32-24(31-18)22-16-6-14(8-29-23(16)34-33-22)13-5-15(9-27-7-13)30-25(35)12-1-2-12/h3-12H,1-2H2,(H,30,35)(H,31,32)(H,29,33,34). The first-order valence-electron chi connectivity index (χ1n) is 11.3. The third-order valence-electron chi connectivity index (χ3n) is 6.17. The molecule has 1 saturated carbocycles. The molecule has 0 spiro atoms. The van der Waals surface area contributed by atoms with E-state index in [0.717, 1.165) is 56.6 Å². The molecule has 6 aromatic heterocycles. The van der Waals surface area contributed by atoms with Gasteiger partial charge in [0.15, 0.2) is 16.6 Å². The largest absolute Gasteiger partial charge is 0.335 e. The Morgan fingerprint density at radius 1 is 1.06 bits per heavy atom. The predicted octanol–water partition coefficient (Wildman–Crippen LogP) is 5.17. The molecule has 0 aromatic carbocycles. The van der Waals surface area contributed by atoms with Crippen LogP contribution < -0.4 is 5.32 Å². The second-order valence-corrected chi connectivity index (χ2v) is 9.73. The first kappa shape index (κ1) is 20.8. The van der Waals surface area contributed by atoms with E-state index < -0.39 is 0 Å². The Kier molecular flexibility index (Phi) is 4.64. The molecule has 11 heteroatoms. The van der Waals surface area contributed by atoms with Crippen molar-refractivity contribution >= 4 is 45.0 Å². The lowest BCUT2D eigenvalue weighted by atomic mass is 10.1. The summed E-state index contributed by atoms with van der Waals surface area (Å²) >= 11 is 1.05. The SMILES string of the molecule is O=C(Nc1cncc(-c2cnc3n[nH]c(-c4nc5c(-c6ccc(F)s6)cncc5[nH]4)c3c2)c1)C1CC1. The number of thiophene rings is 1. The monoisotopic (exact) mass is 496 g/mol. The van der Waals surface area contributed by atoms with Crippen LogP contribution in [0, 0.1) is 11.0 Å². The van der Waals surface area contributed by atoms with Crippen LogP contribution in [0.2, 0.25) is 0 Å². The molecule has 6 heterocycles. The molecule has 36 heavy (non-hydrogen) atoms. The van der Waals surface area contributed by atoms with Gasteiger partial charge in [-0.3, -0.25) is 19.9 Å². The molecule has 1 amide bonds. The van der Waals surface area contributed by atoms with Crippen LogP contribution in [-0.2, 0) is 4.79 Å². The highest BCUT2D eigenvalue weighted by atomic mass is 32.1. The normalized spacial score (nSPS) is 13.5. The van der Waals surface area contributed by atoms with Gasteiger partial charge in [-0.05, 0) is 37.1 Å². The molecule has 0 saturated heterocycles. The van der Waals surface area contributed by atoms with Crippen LogP contribution in [0.3, 0.4) is 0 Å². The second kappa shape index (κ2) is 8.02. The number of hydrogen-bond acceptors (Lipinski definition) is 7. The van der Waals surface area contributed by atoms with E-state index in [1.165, 1.54) is 6.07 Å². The maximum absolute atomic E-state index is 13.6. The van der Waals surface area contributed by atoms with Crippen molar-refractivity contribution in [1.29, 1.82) is 0 Å². The molecular formula is C25H17FN8OS. The summed E-state index contributed by atoms with van der Waals surface area (Å²) in [5, 5.41) is 10.8. The van der Waals surface area contributed by atoms with Crippen molar-refractivity contribution in [3.05, 3.63) is 60.4 Å². The Morgan fingerprint density at radius 2 is 1.92 bits per heavy atom. The average Bonchev–Trinajstić information content (AvgIpc) is 3.30. The molecule has 1 aliphatic carbocycles. The lowest BCUT2D eigenvalue weighted by Crippen LogP contribution is -2.13. The van der Waals surface area contributed by atoms with Gasteiger partial charge in [-0.2, -0.15) is 9.49 Å². The average molecular weight is 497 g/mol. The van der Waals surface area contributed by atoms with Gasteiger partial charge < -0.3 is 10.3 Å². The van der Waals surface area contributed by atoms with Crippen molar-refractivity contribution < 1.29 is 9.18 Å². The summed E-state index contributed by atoms with van der Waals surface area (Å²) in [7, 11) is 0. The predicted molar refractivity (Wildman–Crippen MR) is 135 cm³/mol. The Hall–Kier alpha value is -4.51. The second-order valence-electron chi connectivity index (χ2n) is 8.69. The van der Waals surface area contributed by atoms with Crippen LogP contribution in [0.4, 0.5) is 10.1 Å². The number of pyridine rings is 3. The molecular weight excluding hydrogens is 479 g/mol. The van der Waals surface area contributed by atoms with Gasteiger partial charge in [0.2, 0.25) is 5.91 Å². The van der Waals surface area contributed by atoms with E-state index in [-0.39, 0.29) is 17.0 Å². The van der Waals surface area contributed by atoms with Crippen LogP contribution in [0.5, 0.6) is 0 Å². The van der Waals surface area contributed by atoms with E-state index in [1.54, 1.807) is 37.1 Å². The molecule has 0 aliphatic heterocycles. The Morgan fingerprint density at radius 3 is 2.75 bits per heavy atom. The Bertz CT molecular complexity index is 1780. The number of H-pyrrole nitrogens is 2. The number of rotatable bonds is 5. The lowest BCUT2D eigenvalue weighted by Gasteiger charge is -2.06. The van der Waals surface area contributed by atoms with Gasteiger partial charge in [-0.15, -0.1) is 11.3 Å². The van der Waals surface area contributed by atoms with Crippen LogP contribution in [0.15, 0.2) is 55.2 Å². The van der Waals surface area contributed by atoms with E-state index in [4.69, 9.17) is 4.98 Å². The van der Waals surface area contributed by atoms with Crippen LogP contribution >= 0.6 is 11.3 Å². The topological polar surface area (TPSA) is 125 Å². The highest BCUT2D eigenvalue weighted by Crippen LogP contribution is 2.35. The molecule has 1 fully saturated rings. The van der Waals surface area contributed by atoms with Crippen molar-refractivity contribution in [2.45, 2.75) is 12.8 Å². The van der Waals surface area contributed by atoms with Crippen molar-refractivity contribution in [3.63, 3.8) is 0 Å². The highest BCUT2D eigenvalue weighted by molar-refractivity contribution is 7.14. The van der Waals surface area contributed by atoms with Gasteiger partial charge >= 0.3 is 0 Å². The number of aromatic nitrogens is 7. The van der Waals surface area contributed by atoms with Crippen LogP contribution in [0.1, 0.15) is 12.8 Å². The van der Waals surface area contributed by atoms with Crippen LogP contribution in [0.25, 0.3) is 55.2 Å². The van der Waals surface area contributed by atoms with E-state index in [1.807, 2.05) is 12.1 Å². The first-order valence-corrected chi connectivity index (χ1v) is 12.1. The van der Waals surface area contributed by atoms with E-state index in [0.29, 0.717) is 28.4 Å². The molecule has 3 N–H and O–H groups in total. The third kappa shape index (κ3) is 3.60. The number of anilines is 1. The highest BCUT2D eigenvalue weighted by Gasteiger charge is 2.29. The molecule has 0 bridgehead atoms. The molecule has 9 nitrogen and oxygen atoms in total. The number of nitrogens with one attached hydrogen (secondary N) is 3. The van der Waals surface area contributed by atoms with Crippen molar-refractivity contribution in [2.24, 2.45) is 5.92 Å². The molecule has 6 aromatic rings.